The van der Waals surface area contributed by atoms with Crippen molar-refractivity contribution in [3.05, 3.63) is 65.9 Å². The number of phenols is 1. The zero-order valence-corrected chi connectivity index (χ0v) is 63.6. The molecule has 2 saturated heterocycles. The second-order valence-electron chi connectivity index (χ2n) is 27.7. The number of phenolic OH excluding ortho intramolecular Hbond substituents is 1. The lowest BCUT2D eigenvalue weighted by Crippen LogP contribution is -2.57. The Morgan fingerprint density at radius 2 is 1.44 bits per heavy atom. The molecule has 0 saturated carbocycles. The minimum absolute atomic E-state index is 0.00203. The number of imide groups is 1. The first-order chi connectivity index (χ1) is 51.6. The molecule has 32 nitrogen and oxygen atoms in total. The molecular weight excluding hydrogens is 1430 g/mol. The zero-order valence-electron chi connectivity index (χ0n) is 62.8. The number of ether oxygens (including phenoxy) is 6. The monoisotopic (exact) mass is 1540 g/mol. The van der Waals surface area contributed by atoms with Gasteiger partial charge in [0.25, 0.3) is 0 Å². The van der Waals surface area contributed by atoms with Crippen LogP contribution >= 0.6 is 11.8 Å². The lowest BCUT2D eigenvalue weighted by atomic mass is 9.86. The Morgan fingerprint density at radius 1 is 0.741 bits per heavy atom. The van der Waals surface area contributed by atoms with Gasteiger partial charge >= 0.3 is 11.9 Å². The van der Waals surface area contributed by atoms with Gasteiger partial charge in [-0.3, -0.25) is 67.2 Å². The highest BCUT2D eigenvalue weighted by molar-refractivity contribution is 8.00. The van der Waals surface area contributed by atoms with Crippen LogP contribution < -0.4 is 26.6 Å². The molecule has 11 atom stereocenters. The first-order valence-corrected chi connectivity index (χ1v) is 37.9. The number of aromatic nitrogens is 1. The molecule has 0 spiro atoms. The van der Waals surface area contributed by atoms with Crippen molar-refractivity contribution in [3.63, 3.8) is 0 Å². The maximum atomic E-state index is 14.3. The molecule has 0 aliphatic carbocycles. The molecule has 108 heavy (non-hydrogen) atoms. The number of likely N-dealkylation sites (tertiary alicyclic amines) is 2. The van der Waals surface area contributed by atoms with E-state index in [1.54, 1.807) is 38.2 Å². The zero-order chi connectivity index (χ0) is 79.4. The highest BCUT2D eigenvalue weighted by Crippen LogP contribution is 2.28. The number of nitrogens with one attached hydrogen (secondary N) is 6. The minimum atomic E-state index is -1.60. The molecule has 0 radical (unpaired) electrons. The van der Waals surface area contributed by atoms with Gasteiger partial charge in [-0.1, -0.05) is 65.0 Å². The predicted molar refractivity (Wildman–Crippen MR) is 393 cm³/mol. The maximum Gasteiger partial charge on any atom is 0.307 e. The average molecular weight is 1540 g/mol. The summed E-state index contributed by atoms with van der Waals surface area (Å²) in [5, 5.41) is 64.2. The molecule has 3 heterocycles. The molecule has 33 heteroatoms. The number of para-hydroxylation sites is 1. The van der Waals surface area contributed by atoms with E-state index in [0.29, 0.717) is 29.7 Å². The van der Waals surface area contributed by atoms with Crippen LogP contribution in [0.5, 0.6) is 5.75 Å². The van der Waals surface area contributed by atoms with Crippen molar-refractivity contribution in [2.45, 2.75) is 179 Å². The number of carboxylic acids is 1. The summed E-state index contributed by atoms with van der Waals surface area (Å²) >= 11 is 1.25. The number of methoxy groups -OCH3 is 1. The van der Waals surface area contributed by atoms with Crippen molar-refractivity contribution in [2.75, 3.05) is 98.5 Å². The first kappa shape index (κ1) is 90.3. The number of aliphatic carboxylic acids is 1. The number of amides is 8. The van der Waals surface area contributed by atoms with Gasteiger partial charge in [-0.25, -0.2) is 0 Å². The Hall–Kier alpha value is -8.28. The number of fused-ring (bicyclic) bond motifs is 1. The first-order valence-electron chi connectivity index (χ1n) is 36.9. The lowest BCUT2D eigenvalue weighted by molar-refractivity contribution is -0.194. The number of ketones is 3. The molecule has 2 aromatic carbocycles. The van der Waals surface area contributed by atoms with Crippen LogP contribution in [0.4, 0.5) is 0 Å². The summed E-state index contributed by atoms with van der Waals surface area (Å²) in [5.74, 6) is -11.6. The van der Waals surface area contributed by atoms with E-state index in [1.165, 1.54) is 42.8 Å². The van der Waals surface area contributed by atoms with Gasteiger partial charge < -0.3 is 90.4 Å². The number of thioether (sulfide) groups is 1. The molecule has 0 bridgehead atoms. The number of rotatable bonds is 54. The number of hydrogen-bond acceptors (Lipinski definition) is 24. The van der Waals surface area contributed by atoms with E-state index >= 15 is 0 Å². The number of aromatic hydroxyl groups is 1. The van der Waals surface area contributed by atoms with Crippen molar-refractivity contribution in [1.29, 1.82) is 0 Å². The maximum absolute atomic E-state index is 14.3. The van der Waals surface area contributed by atoms with Gasteiger partial charge in [0.1, 0.15) is 37.1 Å². The van der Waals surface area contributed by atoms with Gasteiger partial charge in [0.05, 0.1) is 75.7 Å². The standard InChI is InChI=1S/C75H110N8O24S/c1-8-54(41-84)107-68(102-7)44-106-67(94)17-11-16-64(91)76-23-26-83-66(93)39-63(74(83)99)108-32-31-103-27-22-65(92)77-24-28-104-29-30-105-43-53(88)35-49(33-45(2)3)70(95)81-69(47(6)86)62(90)38-56(46(4)5)71(96)80-59(42-85)73(98)82-25-12-15-60(82)72(97)79-58(36-51-40-78-57-14-10-9-13-55(51)57)61(89)37-50(75(100)101)34-48-18-20-52(87)21-19-48/h9-10,13-14,18-21,40,45-47,49-50,54,56,58-60,63,68-69,78,84-87H,8,11-12,15-17,22-39,41-44H2,1-7H3,(H,76,91)(H,77,92)(H,79,97)(H,80,96)(H,81,95)(H,100,101)/t47-,49-,50-,54?,56+,58+,59+,60+,63?,68?,69+/m1/s1. The normalized spacial score (nSPS) is 17.0. The second-order valence-corrected chi connectivity index (χ2v) is 29.0. The van der Waals surface area contributed by atoms with E-state index < -0.39 is 144 Å². The van der Waals surface area contributed by atoms with Gasteiger partial charge in [-0.05, 0) is 86.6 Å². The summed E-state index contributed by atoms with van der Waals surface area (Å²) in [6.07, 6.45) is -0.946. The molecule has 3 aromatic rings. The predicted octanol–water partition coefficient (Wildman–Crippen LogP) is 2.00. The summed E-state index contributed by atoms with van der Waals surface area (Å²) in [5.41, 5.74) is 1.98. The fourth-order valence-corrected chi connectivity index (χ4v) is 13.4. The Morgan fingerprint density at radius 3 is 2.12 bits per heavy atom. The molecule has 11 N–H and O–H groups in total. The van der Waals surface area contributed by atoms with E-state index in [1.807, 2.05) is 39.0 Å². The Bertz CT molecular complexity index is 3440. The van der Waals surface area contributed by atoms with Crippen LogP contribution in [-0.4, -0.2) is 263 Å². The average Bonchev–Trinajstić information content (AvgIpc) is 1.84. The van der Waals surface area contributed by atoms with E-state index in [4.69, 9.17) is 28.4 Å². The third kappa shape index (κ3) is 30.6. The smallest absolute Gasteiger partial charge is 0.307 e. The minimum Gasteiger partial charge on any atom is -0.508 e. The van der Waals surface area contributed by atoms with Crippen molar-refractivity contribution in [3.8, 4) is 5.75 Å². The number of aliphatic hydroxyl groups is 3. The van der Waals surface area contributed by atoms with Gasteiger partial charge in [0.2, 0.25) is 47.3 Å². The topological polar surface area (TPSA) is 461 Å². The molecule has 3 unspecified atom stereocenters. The van der Waals surface area contributed by atoms with Gasteiger partial charge in [0, 0.05) is 119 Å². The fourth-order valence-electron chi connectivity index (χ4n) is 12.4. The van der Waals surface area contributed by atoms with E-state index in [0.717, 1.165) is 15.8 Å². The number of carbonyl (C=O) groups is 13. The molecule has 1 aromatic heterocycles. The van der Waals surface area contributed by atoms with Crippen LogP contribution in [0.1, 0.15) is 130 Å². The van der Waals surface area contributed by atoms with Gasteiger partial charge in [-0.2, -0.15) is 0 Å². The Balaban J connectivity index is 0.982. The van der Waals surface area contributed by atoms with Crippen molar-refractivity contribution in [1.82, 2.24) is 41.4 Å². The number of benzene rings is 2. The molecule has 2 aliphatic heterocycles. The van der Waals surface area contributed by atoms with Crippen LogP contribution in [0.15, 0.2) is 54.7 Å². The molecule has 8 amide bonds. The number of Topliss-reactive ketones (excluding diaryl/α,β-unsaturated/α-hetero) is 3. The lowest BCUT2D eigenvalue weighted by Gasteiger charge is -2.31. The number of carbonyl (C=O) groups excluding carboxylic acids is 12. The fraction of sp³-hybridized carbons (Fsp3) is 0.640. The van der Waals surface area contributed by atoms with E-state index in [9.17, 15) is 87.9 Å². The highest BCUT2D eigenvalue weighted by Gasteiger charge is 2.42. The Kier molecular flexibility index (Phi) is 39.8. The third-order valence-electron chi connectivity index (χ3n) is 18.5. The van der Waals surface area contributed by atoms with Crippen molar-refractivity contribution >= 4 is 99.2 Å². The third-order valence-corrected chi connectivity index (χ3v) is 19.6. The quantitative estimate of drug-likeness (QED) is 0.0167. The van der Waals surface area contributed by atoms with Gasteiger partial charge in [-0.15, -0.1) is 11.8 Å². The molecule has 2 fully saturated rings. The van der Waals surface area contributed by atoms with E-state index in [2.05, 4.69) is 31.6 Å². The number of H-pyrrole nitrogens is 1. The van der Waals surface area contributed by atoms with Gasteiger partial charge in [0.15, 0.2) is 23.6 Å². The van der Waals surface area contributed by atoms with Crippen molar-refractivity contribution in [2.24, 2.45) is 29.6 Å². The number of aliphatic hydroxyl groups excluding tert-OH is 3. The number of hydrogen-bond donors (Lipinski definition) is 11. The number of esters is 1. The van der Waals surface area contributed by atoms with Crippen molar-refractivity contribution < 1.29 is 116 Å². The highest BCUT2D eigenvalue weighted by atomic mass is 32.2. The summed E-state index contributed by atoms with van der Waals surface area (Å²) in [7, 11) is 1.38. The van der Waals surface area contributed by atoms with Crippen LogP contribution in [0.25, 0.3) is 10.9 Å². The number of nitrogens with zero attached hydrogens (tertiary/aromatic N) is 2. The second kappa shape index (κ2) is 47.6. The molecular formula is C75H110N8O24S. The molecule has 5 rings (SSSR count). The molecule has 2 aliphatic rings. The number of aromatic amines is 1. The summed E-state index contributed by atoms with van der Waals surface area (Å²) in [4.78, 5) is 179. The Labute approximate surface area is 633 Å². The van der Waals surface area contributed by atoms with Crippen LogP contribution in [-0.2, 0) is 104 Å². The largest absolute Gasteiger partial charge is 0.508 e. The number of carboxylic acid groups (broad SMARTS) is 1. The summed E-state index contributed by atoms with van der Waals surface area (Å²) < 4.78 is 32.4. The van der Waals surface area contributed by atoms with E-state index in [-0.39, 0.29) is 179 Å². The van der Waals surface area contributed by atoms with Crippen LogP contribution in [0.2, 0.25) is 0 Å². The van der Waals surface area contributed by atoms with Crippen LogP contribution in [0.3, 0.4) is 0 Å². The molecule has 600 valence electrons. The van der Waals surface area contributed by atoms with Crippen LogP contribution in [0, 0.1) is 29.6 Å². The summed E-state index contributed by atoms with van der Waals surface area (Å²) in [6.45, 7) is 9.15. The SMILES string of the molecule is CCC(CO)OC(COC(=O)CCCC(=O)NCCN1C(=O)CC(SCCOCCC(=O)NCCOCCOCC(=O)C[C@@H](CC(C)C)C(=O)N[C@H](C(=O)C[C@H](C(=O)N[C@@H](CO)C(=O)N2CCC[C@H]2C(=O)N[C@@H](Cc2c[nH]c3ccccc23)C(=O)C[C@@H](Cc2ccc(O)cc2)C(=O)O)C(C)C)[C@@H](C)O)C1=O)OC. The summed E-state index contributed by atoms with van der Waals surface area (Å²) in [6, 6.07) is 7.67.